The van der Waals surface area contributed by atoms with Gasteiger partial charge < -0.3 is 10.4 Å². The highest BCUT2D eigenvalue weighted by atomic mass is 32.2. The first-order chi connectivity index (χ1) is 19.4. The Morgan fingerprint density at radius 3 is 2.44 bits per heavy atom. The maximum absolute atomic E-state index is 13.4. The summed E-state index contributed by atoms with van der Waals surface area (Å²) in [5, 5.41) is 22.5. The van der Waals surface area contributed by atoms with E-state index in [2.05, 4.69) is 15.6 Å². The molecular weight excluding hydrogens is 545 g/mol. The largest absolute Gasteiger partial charge is 0.383 e. The van der Waals surface area contributed by atoms with Gasteiger partial charge in [-0.3, -0.25) is 9.10 Å². The Balaban J connectivity index is 1.71. The van der Waals surface area contributed by atoms with E-state index in [1.54, 1.807) is 44.3 Å². The number of carbonyl (C=O) groups excluding carboxylic acids is 1. The molecule has 1 amide bonds. The fourth-order valence-corrected chi connectivity index (χ4v) is 5.53. The number of benzene rings is 3. The van der Waals surface area contributed by atoms with Crippen LogP contribution < -0.4 is 9.62 Å². The van der Waals surface area contributed by atoms with E-state index in [4.69, 9.17) is 0 Å². The molecule has 0 aliphatic heterocycles. The highest BCUT2D eigenvalue weighted by Gasteiger charge is 2.28. The Kier molecular flexibility index (Phi) is 8.89. The molecule has 0 fully saturated rings. The van der Waals surface area contributed by atoms with Gasteiger partial charge in [0.05, 0.1) is 29.9 Å². The molecule has 2 atom stereocenters. The van der Waals surface area contributed by atoms with E-state index in [0.29, 0.717) is 35.5 Å². The summed E-state index contributed by atoms with van der Waals surface area (Å²) in [4.78, 5) is 13.4. The van der Waals surface area contributed by atoms with E-state index >= 15 is 0 Å². The number of nitrogens with one attached hydrogen (secondary N) is 1. The van der Waals surface area contributed by atoms with E-state index in [1.165, 1.54) is 27.2 Å². The minimum atomic E-state index is -3.66. The lowest BCUT2D eigenvalue weighted by atomic mass is 9.94. The van der Waals surface area contributed by atoms with Gasteiger partial charge in [-0.2, -0.15) is 0 Å². The number of hydrogen-bond donors (Lipinski definition) is 2. The van der Waals surface area contributed by atoms with E-state index in [9.17, 15) is 22.7 Å². The number of sulfonamides is 1. The summed E-state index contributed by atoms with van der Waals surface area (Å²) in [5.41, 5.74) is 1.50. The second-order valence-electron chi connectivity index (χ2n) is 10.3. The van der Waals surface area contributed by atoms with Crippen molar-refractivity contribution in [2.45, 2.75) is 45.3 Å². The van der Waals surface area contributed by atoms with Crippen LogP contribution in [0.1, 0.15) is 60.4 Å². The normalized spacial score (nSPS) is 13.8. The van der Waals surface area contributed by atoms with Crippen molar-refractivity contribution in [2.75, 3.05) is 17.1 Å². The fourth-order valence-electron chi connectivity index (χ4n) is 4.53. The lowest BCUT2D eigenvalue weighted by molar-refractivity contribution is 0.0529. The van der Waals surface area contributed by atoms with E-state index in [-0.39, 0.29) is 17.9 Å². The Morgan fingerprint density at radius 1 is 1.12 bits per heavy atom. The Morgan fingerprint density at radius 2 is 1.80 bits per heavy atom. The summed E-state index contributed by atoms with van der Waals surface area (Å²) in [5.74, 6) is -0.831. The number of halogens is 1. The van der Waals surface area contributed by atoms with Gasteiger partial charge in [-0.25, -0.2) is 17.5 Å². The second-order valence-corrected chi connectivity index (χ2v) is 12.2. The molecule has 0 spiro atoms. The monoisotopic (exact) mass is 579 g/mol. The average molecular weight is 580 g/mol. The van der Waals surface area contributed by atoms with Gasteiger partial charge >= 0.3 is 0 Å². The number of hydrogen-bond acceptors (Lipinski definition) is 6. The van der Waals surface area contributed by atoms with Crippen LogP contribution >= 0.6 is 0 Å². The number of nitrogens with zero attached hydrogens (tertiary/aromatic N) is 4. The van der Waals surface area contributed by atoms with Gasteiger partial charge in [0, 0.05) is 18.5 Å². The molecule has 9 nitrogen and oxygen atoms in total. The summed E-state index contributed by atoms with van der Waals surface area (Å²) >= 11 is 0. The van der Waals surface area contributed by atoms with Crippen LogP contribution in [0.3, 0.4) is 0 Å². The molecule has 1 aromatic heterocycles. The summed E-state index contributed by atoms with van der Waals surface area (Å²) in [6.45, 7) is 5.49. The van der Waals surface area contributed by atoms with Crippen molar-refractivity contribution in [3.05, 3.63) is 107 Å². The van der Waals surface area contributed by atoms with Gasteiger partial charge in [0.1, 0.15) is 17.1 Å². The van der Waals surface area contributed by atoms with Crippen LogP contribution in [-0.2, 0) is 22.0 Å². The Labute approximate surface area is 239 Å². The average Bonchev–Trinajstić information content (AvgIpc) is 3.43. The molecule has 2 N–H and O–H groups in total. The second kappa shape index (κ2) is 12.2. The minimum absolute atomic E-state index is 0.198. The number of amides is 1. The molecule has 216 valence electrons. The van der Waals surface area contributed by atoms with Gasteiger partial charge in [-0.05, 0) is 61.7 Å². The predicted molar refractivity (Wildman–Crippen MR) is 156 cm³/mol. The third kappa shape index (κ3) is 7.36. The van der Waals surface area contributed by atoms with Crippen molar-refractivity contribution < 1.29 is 22.7 Å². The molecule has 0 radical (unpaired) electrons. The number of carbonyl (C=O) groups is 1. The number of rotatable bonds is 11. The summed E-state index contributed by atoms with van der Waals surface area (Å²) in [6.07, 6.45) is 3.53. The SMILES string of the molecule is CCCN(c1cc(C(=O)NC(C)c2ccc(F)cc2)cc(-n2cc(C(C)(O)Cc3ccccc3)nn2)c1)S(C)(=O)=O. The van der Waals surface area contributed by atoms with Gasteiger partial charge in [0.2, 0.25) is 10.0 Å². The summed E-state index contributed by atoms with van der Waals surface area (Å²) < 4.78 is 41.4. The van der Waals surface area contributed by atoms with Crippen LogP contribution in [0.25, 0.3) is 5.69 Å². The molecule has 0 bridgehead atoms. The lowest BCUT2D eigenvalue weighted by Gasteiger charge is -2.23. The quantitative estimate of drug-likeness (QED) is 0.270. The molecule has 0 aliphatic carbocycles. The number of aliphatic hydroxyl groups is 1. The Hall–Kier alpha value is -4.09. The first-order valence-corrected chi connectivity index (χ1v) is 15.1. The van der Waals surface area contributed by atoms with Gasteiger partial charge in [0.15, 0.2) is 0 Å². The third-order valence-corrected chi connectivity index (χ3v) is 7.89. The Bertz CT molecular complexity index is 1610. The van der Waals surface area contributed by atoms with Crippen molar-refractivity contribution >= 4 is 21.6 Å². The zero-order chi connectivity index (χ0) is 29.8. The predicted octanol–water partition coefficient (Wildman–Crippen LogP) is 4.52. The first-order valence-electron chi connectivity index (χ1n) is 13.3. The van der Waals surface area contributed by atoms with Crippen molar-refractivity contribution in [3.8, 4) is 5.69 Å². The first kappa shape index (κ1) is 29.9. The molecule has 11 heteroatoms. The van der Waals surface area contributed by atoms with Crippen molar-refractivity contribution in [1.82, 2.24) is 20.3 Å². The van der Waals surface area contributed by atoms with Crippen molar-refractivity contribution in [2.24, 2.45) is 0 Å². The number of aromatic nitrogens is 3. The van der Waals surface area contributed by atoms with Crippen LogP contribution in [-0.4, -0.2) is 47.2 Å². The van der Waals surface area contributed by atoms with Gasteiger partial charge in [-0.1, -0.05) is 54.6 Å². The smallest absolute Gasteiger partial charge is 0.251 e. The highest BCUT2D eigenvalue weighted by Crippen LogP contribution is 2.27. The highest BCUT2D eigenvalue weighted by molar-refractivity contribution is 7.92. The van der Waals surface area contributed by atoms with E-state index in [0.717, 1.165) is 11.8 Å². The molecule has 4 aromatic rings. The maximum Gasteiger partial charge on any atom is 0.251 e. The minimum Gasteiger partial charge on any atom is -0.383 e. The molecule has 0 saturated carbocycles. The van der Waals surface area contributed by atoms with Crippen molar-refractivity contribution in [3.63, 3.8) is 0 Å². The molecule has 1 heterocycles. The molecule has 41 heavy (non-hydrogen) atoms. The zero-order valence-corrected chi connectivity index (χ0v) is 24.3. The number of anilines is 1. The van der Waals surface area contributed by atoms with Gasteiger partial charge in [0.25, 0.3) is 5.91 Å². The third-order valence-electron chi connectivity index (χ3n) is 6.70. The van der Waals surface area contributed by atoms with E-state index < -0.39 is 27.6 Å². The van der Waals surface area contributed by atoms with Crippen LogP contribution in [0, 0.1) is 5.82 Å². The van der Waals surface area contributed by atoms with Crippen LogP contribution in [0.4, 0.5) is 10.1 Å². The topological polar surface area (TPSA) is 117 Å². The molecule has 0 aliphatic rings. The van der Waals surface area contributed by atoms with Crippen LogP contribution in [0.2, 0.25) is 0 Å². The molecular formula is C30H34FN5O4S. The lowest BCUT2D eigenvalue weighted by Crippen LogP contribution is -2.31. The van der Waals surface area contributed by atoms with E-state index in [1.807, 2.05) is 37.3 Å². The van der Waals surface area contributed by atoms with Crippen LogP contribution in [0.15, 0.2) is 79.0 Å². The molecule has 0 saturated heterocycles. The zero-order valence-electron chi connectivity index (χ0n) is 23.5. The summed E-state index contributed by atoms with van der Waals surface area (Å²) in [6, 6.07) is 19.6. The molecule has 3 aromatic carbocycles. The molecule has 2 unspecified atom stereocenters. The molecule has 4 rings (SSSR count). The van der Waals surface area contributed by atoms with Crippen molar-refractivity contribution in [1.29, 1.82) is 0 Å². The maximum atomic E-state index is 13.4. The summed E-state index contributed by atoms with van der Waals surface area (Å²) in [7, 11) is -3.66. The fraction of sp³-hybridized carbons (Fsp3) is 0.300. The van der Waals surface area contributed by atoms with Crippen LogP contribution in [0.5, 0.6) is 0 Å². The standard InChI is InChI=1S/C30H34FN5O4S/c1-5-15-36(41(4,39)40)27-17-24(29(37)32-21(2)23-11-13-25(31)14-12-23)16-26(18-27)35-20-28(33-34-35)30(3,38)19-22-9-7-6-8-10-22/h6-14,16-18,20-21,38H,5,15,19H2,1-4H3,(H,32,37). The van der Waals surface area contributed by atoms with Gasteiger partial charge in [-0.15, -0.1) is 5.10 Å².